The van der Waals surface area contributed by atoms with Crippen LogP contribution in [0.5, 0.6) is 0 Å². The van der Waals surface area contributed by atoms with Gasteiger partial charge in [-0.05, 0) is 12.3 Å². The highest BCUT2D eigenvalue weighted by Gasteiger charge is 2.28. The summed E-state index contributed by atoms with van der Waals surface area (Å²) in [6.45, 7) is 5.12. The maximum atomic E-state index is 11.3. The Hall–Kier alpha value is -1.59. The molecule has 16 heavy (non-hydrogen) atoms. The molecule has 0 saturated carbocycles. The zero-order valence-corrected chi connectivity index (χ0v) is 9.73. The molecule has 1 aromatic heterocycles. The molecule has 1 N–H and O–H groups in total. The number of methoxy groups -OCH3 is 1. The first-order valence-electron chi connectivity index (χ1n) is 5.46. The van der Waals surface area contributed by atoms with Crippen LogP contribution in [-0.4, -0.2) is 34.4 Å². The molecule has 2 heterocycles. The molecule has 1 aromatic rings. The third-order valence-electron chi connectivity index (χ3n) is 2.97. The number of nitrogens with zero attached hydrogens (tertiary/aromatic N) is 3. The number of nitrogens with one attached hydrogen (secondary N) is 1. The van der Waals surface area contributed by atoms with Gasteiger partial charge < -0.3 is 10.1 Å². The van der Waals surface area contributed by atoms with Crippen molar-refractivity contribution in [2.24, 2.45) is 5.92 Å². The number of hydrogen-bond donors (Lipinski definition) is 1. The fraction of sp³-hybridized carbons (Fsp3) is 0.700. The number of hydrogen-bond acceptors (Lipinski definition) is 5. The molecule has 0 saturated heterocycles. The van der Waals surface area contributed by atoms with E-state index in [2.05, 4.69) is 34.0 Å². The number of fused-ring (bicyclic) bond motifs is 1. The van der Waals surface area contributed by atoms with Crippen molar-refractivity contribution in [2.45, 2.75) is 26.3 Å². The number of esters is 1. The maximum absolute atomic E-state index is 11.3. The highest BCUT2D eigenvalue weighted by atomic mass is 16.5. The minimum absolute atomic E-state index is 0.123. The molecule has 2 atom stereocenters. The Balaban J connectivity index is 2.35. The van der Waals surface area contributed by atoms with E-state index in [4.69, 9.17) is 0 Å². The lowest BCUT2D eigenvalue weighted by atomic mass is 9.98. The summed E-state index contributed by atoms with van der Waals surface area (Å²) in [6, 6.07) is 0.294. The number of rotatable bonds is 2. The van der Waals surface area contributed by atoms with Crippen LogP contribution in [0.25, 0.3) is 0 Å². The van der Waals surface area contributed by atoms with E-state index in [-0.39, 0.29) is 5.82 Å². The van der Waals surface area contributed by atoms with Crippen molar-refractivity contribution >= 4 is 11.9 Å². The van der Waals surface area contributed by atoms with Crippen molar-refractivity contribution < 1.29 is 9.53 Å². The van der Waals surface area contributed by atoms with Crippen molar-refractivity contribution in [3.8, 4) is 0 Å². The molecule has 1 aliphatic heterocycles. The van der Waals surface area contributed by atoms with Crippen LogP contribution in [0.4, 0.5) is 5.95 Å². The van der Waals surface area contributed by atoms with Crippen LogP contribution in [0, 0.1) is 5.92 Å². The summed E-state index contributed by atoms with van der Waals surface area (Å²) in [5.74, 6) is 0.763. The van der Waals surface area contributed by atoms with Gasteiger partial charge in [-0.3, -0.25) is 0 Å². The fourth-order valence-electron chi connectivity index (χ4n) is 2.06. The van der Waals surface area contributed by atoms with E-state index in [0.29, 0.717) is 17.9 Å². The molecular weight excluding hydrogens is 208 g/mol. The van der Waals surface area contributed by atoms with Gasteiger partial charge in [-0.25, -0.2) is 9.48 Å². The standard InChI is InChI=1S/C10H16N4O2/c1-4-7-6(2)5-11-10-12-8(9(15)16-3)13-14(7)10/h6-7H,4-5H2,1-3H3,(H,11,12,13). The van der Waals surface area contributed by atoms with E-state index in [9.17, 15) is 4.79 Å². The molecular formula is C10H16N4O2. The molecule has 6 nitrogen and oxygen atoms in total. The van der Waals surface area contributed by atoms with Crippen molar-refractivity contribution in [3.63, 3.8) is 0 Å². The molecule has 2 unspecified atom stereocenters. The first-order valence-corrected chi connectivity index (χ1v) is 5.46. The third kappa shape index (κ3) is 1.64. The molecule has 1 aliphatic rings. The van der Waals surface area contributed by atoms with Crippen LogP contribution in [-0.2, 0) is 4.74 Å². The van der Waals surface area contributed by atoms with Crippen molar-refractivity contribution in [2.75, 3.05) is 19.0 Å². The summed E-state index contributed by atoms with van der Waals surface area (Å²) < 4.78 is 6.40. The monoisotopic (exact) mass is 224 g/mol. The van der Waals surface area contributed by atoms with Gasteiger partial charge in [0, 0.05) is 6.54 Å². The molecule has 0 aliphatic carbocycles. The molecule has 0 radical (unpaired) electrons. The minimum Gasteiger partial charge on any atom is -0.463 e. The maximum Gasteiger partial charge on any atom is 0.378 e. The summed E-state index contributed by atoms with van der Waals surface area (Å²) in [5.41, 5.74) is 0. The zero-order chi connectivity index (χ0) is 11.7. The van der Waals surface area contributed by atoms with Gasteiger partial charge in [-0.2, -0.15) is 4.98 Å². The van der Waals surface area contributed by atoms with Crippen LogP contribution < -0.4 is 5.32 Å². The smallest absolute Gasteiger partial charge is 0.378 e. The predicted molar refractivity (Wildman–Crippen MR) is 58.3 cm³/mol. The summed E-state index contributed by atoms with van der Waals surface area (Å²) in [5, 5.41) is 7.35. The largest absolute Gasteiger partial charge is 0.463 e. The van der Waals surface area contributed by atoms with Gasteiger partial charge in [-0.1, -0.05) is 13.8 Å². The lowest BCUT2D eigenvalue weighted by molar-refractivity contribution is 0.0586. The normalized spacial score (nSPS) is 23.4. The summed E-state index contributed by atoms with van der Waals surface area (Å²) in [6.07, 6.45) is 0.972. The zero-order valence-electron chi connectivity index (χ0n) is 9.73. The second-order valence-corrected chi connectivity index (χ2v) is 4.03. The number of aromatic nitrogens is 3. The third-order valence-corrected chi connectivity index (χ3v) is 2.97. The van der Waals surface area contributed by atoms with Gasteiger partial charge in [0.2, 0.25) is 5.95 Å². The van der Waals surface area contributed by atoms with Gasteiger partial charge in [0.15, 0.2) is 0 Å². The van der Waals surface area contributed by atoms with Crippen LogP contribution >= 0.6 is 0 Å². The van der Waals surface area contributed by atoms with Crippen LogP contribution in [0.1, 0.15) is 36.9 Å². The Morgan fingerprint density at radius 3 is 3.06 bits per heavy atom. The van der Waals surface area contributed by atoms with Crippen molar-refractivity contribution in [1.82, 2.24) is 14.8 Å². The Labute approximate surface area is 94.0 Å². The lowest BCUT2D eigenvalue weighted by Crippen LogP contribution is -2.31. The van der Waals surface area contributed by atoms with Gasteiger partial charge in [0.05, 0.1) is 13.2 Å². The Bertz CT molecular complexity index is 402. The molecule has 0 spiro atoms. The predicted octanol–water partition coefficient (Wildman–Crippen LogP) is 1.08. The number of carbonyl (C=O) groups excluding carboxylic acids is 1. The van der Waals surface area contributed by atoms with E-state index in [1.165, 1.54) is 7.11 Å². The van der Waals surface area contributed by atoms with E-state index >= 15 is 0 Å². The quantitative estimate of drug-likeness (QED) is 0.761. The van der Waals surface area contributed by atoms with Crippen LogP contribution in [0.3, 0.4) is 0 Å². The number of anilines is 1. The molecule has 2 rings (SSSR count). The van der Waals surface area contributed by atoms with E-state index in [0.717, 1.165) is 13.0 Å². The molecule has 0 amide bonds. The number of carbonyl (C=O) groups is 1. The topological polar surface area (TPSA) is 69.0 Å². The lowest BCUT2D eigenvalue weighted by Gasteiger charge is -2.29. The Morgan fingerprint density at radius 1 is 1.69 bits per heavy atom. The first kappa shape index (κ1) is 10.9. The minimum atomic E-state index is -0.494. The average molecular weight is 224 g/mol. The number of ether oxygens (including phenoxy) is 1. The van der Waals surface area contributed by atoms with Gasteiger partial charge in [0.25, 0.3) is 5.82 Å². The second kappa shape index (κ2) is 4.11. The Morgan fingerprint density at radius 2 is 2.44 bits per heavy atom. The highest BCUT2D eigenvalue weighted by Crippen LogP contribution is 2.28. The molecule has 6 heteroatoms. The Kier molecular flexibility index (Phi) is 2.80. The average Bonchev–Trinajstić information content (AvgIpc) is 2.71. The van der Waals surface area contributed by atoms with E-state index in [1.54, 1.807) is 4.68 Å². The van der Waals surface area contributed by atoms with Crippen LogP contribution in [0.2, 0.25) is 0 Å². The van der Waals surface area contributed by atoms with Gasteiger partial charge in [-0.15, -0.1) is 5.10 Å². The summed E-state index contributed by atoms with van der Waals surface area (Å²) in [4.78, 5) is 15.4. The van der Waals surface area contributed by atoms with Crippen LogP contribution in [0.15, 0.2) is 0 Å². The van der Waals surface area contributed by atoms with Gasteiger partial charge in [0.1, 0.15) is 0 Å². The second-order valence-electron chi connectivity index (χ2n) is 4.03. The summed E-state index contributed by atoms with van der Waals surface area (Å²) >= 11 is 0. The molecule has 0 bridgehead atoms. The van der Waals surface area contributed by atoms with E-state index < -0.39 is 5.97 Å². The summed E-state index contributed by atoms with van der Waals surface area (Å²) in [7, 11) is 1.33. The van der Waals surface area contributed by atoms with Crippen molar-refractivity contribution in [1.29, 1.82) is 0 Å². The van der Waals surface area contributed by atoms with Gasteiger partial charge >= 0.3 is 5.97 Å². The van der Waals surface area contributed by atoms with Crippen molar-refractivity contribution in [3.05, 3.63) is 5.82 Å². The first-order chi connectivity index (χ1) is 7.67. The fourth-order valence-corrected chi connectivity index (χ4v) is 2.06. The SMILES string of the molecule is CCC1C(C)CNc2nc(C(=O)OC)nn21. The molecule has 0 fully saturated rings. The highest BCUT2D eigenvalue weighted by molar-refractivity contribution is 5.85. The molecule has 0 aromatic carbocycles. The molecule has 88 valence electrons. The van der Waals surface area contributed by atoms with E-state index in [1.807, 2.05) is 0 Å².